The van der Waals surface area contributed by atoms with Gasteiger partial charge in [-0.25, -0.2) is 17.6 Å². The second-order valence-electron chi connectivity index (χ2n) is 9.87. The summed E-state index contributed by atoms with van der Waals surface area (Å²) in [5.41, 5.74) is 2.80. The summed E-state index contributed by atoms with van der Waals surface area (Å²) >= 11 is 0. The van der Waals surface area contributed by atoms with Crippen molar-refractivity contribution in [3.8, 4) is 22.3 Å². The minimum Gasteiger partial charge on any atom is -0.203 e. The molecule has 0 heterocycles. The average Bonchev–Trinajstić information content (AvgIpc) is 2.91. The number of unbranched alkanes of at least 4 members (excludes halogenated alkanes) is 3. The van der Waals surface area contributed by atoms with Crippen LogP contribution in [0.2, 0.25) is 0 Å². The molecule has 1 unspecified atom stereocenters. The standard InChI is InChI=1S/C33H34F4/c1-3-5-6-7-9-26-18-19-27(31(35)30(26)34)24-14-16-25(17-15-24)29-21-20-28(32(36)33(29)37)23-12-10-22(8-4-2)11-13-23/h4,8,12,14-22H,3,5-7,9-11,13H2,1-2H3/b8-4+. The quantitative estimate of drug-likeness (QED) is 0.154. The Kier molecular flexibility index (Phi) is 9.02. The van der Waals surface area contributed by atoms with E-state index in [0.29, 0.717) is 41.0 Å². The third-order valence-corrected chi connectivity index (χ3v) is 7.31. The van der Waals surface area contributed by atoms with Crippen molar-refractivity contribution >= 4 is 5.57 Å². The Morgan fingerprint density at radius 1 is 0.730 bits per heavy atom. The lowest BCUT2D eigenvalue weighted by atomic mass is 9.85. The van der Waals surface area contributed by atoms with Crippen LogP contribution in [0.3, 0.4) is 0 Å². The lowest BCUT2D eigenvalue weighted by molar-refractivity contribution is 0.498. The van der Waals surface area contributed by atoms with Gasteiger partial charge >= 0.3 is 0 Å². The van der Waals surface area contributed by atoms with Gasteiger partial charge in [0.05, 0.1) is 0 Å². The normalized spacial score (nSPS) is 15.8. The Labute approximate surface area is 217 Å². The molecule has 0 aromatic heterocycles. The van der Waals surface area contributed by atoms with Crippen molar-refractivity contribution < 1.29 is 17.6 Å². The van der Waals surface area contributed by atoms with Crippen molar-refractivity contribution in [2.24, 2.45) is 5.92 Å². The van der Waals surface area contributed by atoms with E-state index in [-0.39, 0.29) is 11.1 Å². The molecule has 0 amide bonds. The molecule has 3 aromatic carbocycles. The monoisotopic (exact) mass is 506 g/mol. The molecule has 0 bridgehead atoms. The Bertz CT molecular complexity index is 1280. The summed E-state index contributed by atoms with van der Waals surface area (Å²) in [4.78, 5) is 0. The van der Waals surface area contributed by atoms with Gasteiger partial charge in [0.1, 0.15) is 0 Å². The second kappa shape index (κ2) is 12.4. The molecular weight excluding hydrogens is 472 g/mol. The van der Waals surface area contributed by atoms with Crippen LogP contribution in [0.4, 0.5) is 17.6 Å². The van der Waals surface area contributed by atoms with E-state index in [9.17, 15) is 8.78 Å². The number of aryl methyl sites for hydroxylation is 1. The molecule has 0 N–H and O–H groups in total. The molecule has 0 radical (unpaired) electrons. The van der Waals surface area contributed by atoms with E-state index in [1.165, 1.54) is 0 Å². The summed E-state index contributed by atoms with van der Waals surface area (Å²) in [6.45, 7) is 4.09. The first-order valence-electron chi connectivity index (χ1n) is 13.3. The van der Waals surface area contributed by atoms with Crippen LogP contribution in [0.15, 0.2) is 66.8 Å². The van der Waals surface area contributed by atoms with Crippen molar-refractivity contribution in [2.45, 2.75) is 65.2 Å². The Hall–Kier alpha value is -3.14. The topological polar surface area (TPSA) is 0 Å². The number of hydrogen-bond acceptors (Lipinski definition) is 0. The van der Waals surface area contributed by atoms with Gasteiger partial charge in [-0.15, -0.1) is 0 Å². The smallest absolute Gasteiger partial charge is 0.167 e. The van der Waals surface area contributed by atoms with Gasteiger partial charge in [0, 0.05) is 16.7 Å². The predicted octanol–water partition coefficient (Wildman–Crippen LogP) is 10.5. The van der Waals surface area contributed by atoms with Crippen LogP contribution in [0.1, 0.15) is 69.9 Å². The van der Waals surface area contributed by atoms with Crippen LogP contribution in [0.5, 0.6) is 0 Å². The maximum Gasteiger partial charge on any atom is 0.167 e. The third-order valence-electron chi connectivity index (χ3n) is 7.31. The van der Waals surface area contributed by atoms with Crippen LogP contribution in [-0.4, -0.2) is 0 Å². The molecule has 0 aliphatic heterocycles. The SMILES string of the molecule is C/C=C/C1CC=C(c2ccc(-c3ccc(-c4ccc(CCCCCC)c(F)c4F)cc3)c(F)c2F)CC1. The molecule has 4 heteroatoms. The van der Waals surface area contributed by atoms with Crippen molar-refractivity contribution in [1.82, 2.24) is 0 Å². The van der Waals surface area contributed by atoms with Gasteiger partial charge in [-0.1, -0.05) is 92.9 Å². The summed E-state index contributed by atoms with van der Waals surface area (Å²) in [5, 5.41) is 0. The summed E-state index contributed by atoms with van der Waals surface area (Å²) < 4.78 is 59.7. The molecule has 1 atom stereocenters. The van der Waals surface area contributed by atoms with E-state index in [1.54, 1.807) is 48.5 Å². The van der Waals surface area contributed by atoms with E-state index in [1.807, 2.05) is 19.1 Å². The van der Waals surface area contributed by atoms with Crippen molar-refractivity contribution in [3.05, 3.63) is 101 Å². The number of rotatable bonds is 9. The van der Waals surface area contributed by atoms with Crippen LogP contribution in [0.25, 0.3) is 27.8 Å². The number of halogens is 4. The van der Waals surface area contributed by atoms with Gasteiger partial charge in [-0.3, -0.25) is 0 Å². The first-order valence-corrected chi connectivity index (χ1v) is 13.3. The molecule has 0 saturated carbocycles. The molecule has 1 aliphatic rings. The molecule has 0 fully saturated rings. The van der Waals surface area contributed by atoms with Gasteiger partial charge < -0.3 is 0 Å². The van der Waals surface area contributed by atoms with Crippen LogP contribution in [-0.2, 0) is 6.42 Å². The highest BCUT2D eigenvalue weighted by Gasteiger charge is 2.21. The van der Waals surface area contributed by atoms with E-state index >= 15 is 8.78 Å². The van der Waals surface area contributed by atoms with E-state index in [4.69, 9.17) is 0 Å². The molecule has 0 spiro atoms. The lowest BCUT2D eigenvalue weighted by Gasteiger charge is -2.20. The molecule has 37 heavy (non-hydrogen) atoms. The zero-order valence-electron chi connectivity index (χ0n) is 21.6. The molecule has 3 aromatic rings. The molecule has 1 aliphatic carbocycles. The molecule has 0 nitrogen and oxygen atoms in total. The summed E-state index contributed by atoms with van der Waals surface area (Å²) in [6.07, 6.45) is 13.1. The van der Waals surface area contributed by atoms with Crippen molar-refractivity contribution in [1.29, 1.82) is 0 Å². The fraction of sp³-hybridized carbons (Fsp3) is 0.333. The van der Waals surface area contributed by atoms with Gasteiger partial charge in [0.15, 0.2) is 23.3 Å². The fourth-order valence-corrected chi connectivity index (χ4v) is 5.14. The highest BCUT2D eigenvalue weighted by Crippen LogP contribution is 2.36. The van der Waals surface area contributed by atoms with E-state index < -0.39 is 23.3 Å². The lowest BCUT2D eigenvalue weighted by Crippen LogP contribution is -2.05. The van der Waals surface area contributed by atoms with Gasteiger partial charge in [-0.2, -0.15) is 0 Å². The molecule has 194 valence electrons. The van der Waals surface area contributed by atoms with Gasteiger partial charge in [0.25, 0.3) is 0 Å². The Morgan fingerprint density at radius 2 is 1.32 bits per heavy atom. The second-order valence-corrected chi connectivity index (χ2v) is 9.87. The van der Waals surface area contributed by atoms with E-state index in [2.05, 4.69) is 13.0 Å². The van der Waals surface area contributed by atoms with E-state index in [0.717, 1.165) is 44.1 Å². The van der Waals surface area contributed by atoms with Crippen molar-refractivity contribution in [3.63, 3.8) is 0 Å². The maximum absolute atomic E-state index is 15.1. The molecule has 4 rings (SSSR count). The number of allylic oxidation sites excluding steroid dienone is 4. The van der Waals surface area contributed by atoms with Crippen LogP contribution < -0.4 is 0 Å². The number of hydrogen-bond donors (Lipinski definition) is 0. The van der Waals surface area contributed by atoms with Gasteiger partial charge in [-0.05, 0) is 67.2 Å². The minimum absolute atomic E-state index is 0.144. The fourth-order valence-electron chi connectivity index (χ4n) is 5.14. The highest BCUT2D eigenvalue weighted by molar-refractivity contribution is 5.74. The van der Waals surface area contributed by atoms with Crippen LogP contribution in [0, 0.1) is 29.2 Å². The average molecular weight is 507 g/mol. The predicted molar refractivity (Wildman–Crippen MR) is 145 cm³/mol. The first-order chi connectivity index (χ1) is 17.9. The minimum atomic E-state index is -0.897. The van der Waals surface area contributed by atoms with Crippen LogP contribution >= 0.6 is 0 Å². The Morgan fingerprint density at radius 3 is 1.92 bits per heavy atom. The van der Waals surface area contributed by atoms with Crippen molar-refractivity contribution in [2.75, 3.05) is 0 Å². The zero-order valence-corrected chi connectivity index (χ0v) is 21.6. The maximum atomic E-state index is 15.1. The summed E-state index contributed by atoms with van der Waals surface area (Å²) in [7, 11) is 0. The largest absolute Gasteiger partial charge is 0.203 e. The Balaban J connectivity index is 1.53. The first kappa shape index (κ1) is 26.9. The third kappa shape index (κ3) is 6.06. The van der Waals surface area contributed by atoms with Gasteiger partial charge in [0.2, 0.25) is 0 Å². The summed E-state index contributed by atoms with van der Waals surface area (Å²) in [5.74, 6) is -2.98. The molecule has 0 saturated heterocycles. The summed E-state index contributed by atoms with van der Waals surface area (Å²) in [6, 6.07) is 12.9. The zero-order chi connectivity index (χ0) is 26.4. The number of benzene rings is 3. The highest BCUT2D eigenvalue weighted by atomic mass is 19.2. The molecular formula is C33H34F4.